The smallest absolute Gasteiger partial charge is 0.330 e. The van der Waals surface area contributed by atoms with Gasteiger partial charge >= 0.3 is 5.97 Å². The molecule has 1 heterocycles. The Labute approximate surface area is 82.4 Å². The first-order valence-electron chi connectivity index (χ1n) is 4.28. The van der Waals surface area contributed by atoms with Gasteiger partial charge in [-0.2, -0.15) is 0 Å². The van der Waals surface area contributed by atoms with Crippen LogP contribution >= 0.6 is 0 Å². The van der Waals surface area contributed by atoms with Crippen molar-refractivity contribution in [1.82, 2.24) is 4.98 Å². The van der Waals surface area contributed by atoms with Crippen LogP contribution in [0.4, 0.5) is 5.69 Å². The number of pyridine rings is 1. The lowest BCUT2D eigenvalue weighted by molar-refractivity contribution is -0.137. The predicted octanol–water partition coefficient (Wildman–Crippen LogP) is 1.24. The molecule has 0 unspecified atom stereocenters. The summed E-state index contributed by atoms with van der Waals surface area (Å²) in [5.41, 5.74) is 6.72. The first-order chi connectivity index (χ1) is 6.72. The SMILES string of the molecule is CCOC(=O)C=Cc1ccc(N)cn1. The summed E-state index contributed by atoms with van der Waals surface area (Å²) in [5, 5.41) is 0. The van der Waals surface area contributed by atoms with Crippen molar-refractivity contribution in [3.8, 4) is 0 Å². The monoisotopic (exact) mass is 192 g/mol. The lowest BCUT2D eigenvalue weighted by Crippen LogP contribution is -1.98. The molecule has 0 aromatic carbocycles. The van der Waals surface area contributed by atoms with Gasteiger partial charge in [-0.3, -0.25) is 4.98 Å². The second-order valence-corrected chi connectivity index (χ2v) is 2.60. The first-order valence-corrected chi connectivity index (χ1v) is 4.28. The van der Waals surface area contributed by atoms with Gasteiger partial charge in [0.05, 0.1) is 24.2 Å². The summed E-state index contributed by atoms with van der Waals surface area (Å²) in [6.07, 6.45) is 4.45. The van der Waals surface area contributed by atoms with Crippen molar-refractivity contribution in [2.75, 3.05) is 12.3 Å². The van der Waals surface area contributed by atoms with Crippen LogP contribution in [0.2, 0.25) is 0 Å². The van der Waals surface area contributed by atoms with Crippen LogP contribution in [-0.2, 0) is 9.53 Å². The molecule has 0 saturated heterocycles. The van der Waals surface area contributed by atoms with Gasteiger partial charge in [0.2, 0.25) is 0 Å². The van der Waals surface area contributed by atoms with Crippen molar-refractivity contribution in [2.24, 2.45) is 0 Å². The fourth-order valence-corrected chi connectivity index (χ4v) is 0.859. The number of nitrogens with zero attached hydrogens (tertiary/aromatic N) is 1. The molecule has 0 amide bonds. The van der Waals surface area contributed by atoms with E-state index in [1.165, 1.54) is 12.3 Å². The third kappa shape index (κ3) is 3.26. The second-order valence-electron chi connectivity index (χ2n) is 2.60. The zero-order valence-corrected chi connectivity index (χ0v) is 7.93. The Morgan fingerprint density at radius 3 is 3.00 bits per heavy atom. The molecule has 2 N–H and O–H groups in total. The number of ether oxygens (including phenoxy) is 1. The van der Waals surface area contributed by atoms with E-state index in [-0.39, 0.29) is 5.97 Å². The minimum atomic E-state index is -0.369. The average molecular weight is 192 g/mol. The highest BCUT2D eigenvalue weighted by molar-refractivity contribution is 5.86. The van der Waals surface area contributed by atoms with Gasteiger partial charge in [0.25, 0.3) is 0 Å². The van der Waals surface area contributed by atoms with Gasteiger partial charge < -0.3 is 10.5 Å². The quantitative estimate of drug-likeness (QED) is 0.578. The molecule has 0 spiro atoms. The molecule has 0 radical (unpaired) electrons. The van der Waals surface area contributed by atoms with Gasteiger partial charge in [-0.15, -0.1) is 0 Å². The number of nitrogens with two attached hydrogens (primary N) is 1. The number of rotatable bonds is 3. The molecule has 0 fully saturated rings. The number of aromatic nitrogens is 1. The van der Waals surface area contributed by atoms with E-state index in [1.54, 1.807) is 25.1 Å². The zero-order chi connectivity index (χ0) is 10.4. The summed E-state index contributed by atoms with van der Waals surface area (Å²) in [4.78, 5) is 14.9. The van der Waals surface area contributed by atoms with Crippen LogP contribution in [-0.4, -0.2) is 17.6 Å². The maximum absolute atomic E-state index is 10.9. The number of anilines is 1. The van der Waals surface area contributed by atoms with Gasteiger partial charge in [-0.05, 0) is 25.1 Å². The fourth-order valence-electron chi connectivity index (χ4n) is 0.859. The topological polar surface area (TPSA) is 65.2 Å². The summed E-state index contributed by atoms with van der Waals surface area (Å²) in [7, 11) is 0. The molecule has 1 rings (SSSR count). The van der Waals surface area contributed by atoms with E-state index < -0.39 is 0 Å². The summed E-state index contributed by atoms with van der Waals surface area (Å²) in [5.74, 6) is -0.369. The maximum Gasteiger partial charge on any atom is 0.330 e. The van der Waals surface area contributed by atoms with Crippen LogP contribution in [0.15, 0.2) is 24.4 Å². The van der Waals surface area contributed by atoms with Crippen LogP contribution in [0.5, 0.6) is 0 Å². The highest BCUT2D eigenvalue weighted by Gasteiger charge is 1.94. The molecule has 0 saturated carbocycles. The minimum absolute atomic E-state index is 0.369. The van der Waals surface area contributed by atoms with Gasteiger partial charge in [0.1, 0.15) is 0 Å². The molecule has 0 aliphatic heterocycles. The van der Waals surface area contributed by atoms with Crippen LogP contribution < -0.4 is 5.73 Å². The van der Waals surface area contributed by atoms with E-state index in [4.69, 9.17) is 10.5 Å². The van der Waals surface area contributed by atoms with E-state index in [9.17, 15) is 4.79 Å². The Morgan fingerprint density at radius 2 is 2.43 bits per heavy atom. The highest BCUT2D eigenvalue weighted by Crippen LogP contribution is 2.02. The van der Waals surface area contributed by atoms with E-state index in [1.807, 2.05) is 0 Å². The predicted molar refractivity (Wildman–Crippen MR) is 54.3 cm³/mol. The molecule has 14 heavy (non-hydrogen) atoms. The number of nitrogen functional groups attached to an aromatic ring is 1. The molecule has 1 aromatic heterocycles. The normalized spacial score (nSPS) is 10.4. The second kappa shape index (κ2) is 5.01. The maximum atomic E-state index is 10.9. The highest BCUT2D eigenvalue weighted by atomic mass is 16.5. The third-order valence-electron chi connectivity index (χ3n) is 1.49. The van der Waals surface area contributed by atoms with Crippen LogP contribution in [0.1, 0.15) is 12.6 Å². The minimum Gasteiger partial charge on any atom is -0.463 e. The average Bonchev–Trinajstić information content (AvgIpc) is 2.17. The standard InChI is InChI=1S/C10H12N2O2/c1-2-14-10(13)6-5-9-4-3-8(11)7-12-9/h3-7H,2,11H2,1H3. The number of hydrogen-bond acceptors (Lipinski definition) is 4. The van der Waals surface area contributed by atoms with Crippen molar-refractivity contribution in [1.29, 1.82) is 0 Å². The van der Waals surface area contributed by atoms with Crippen molar-refractivity contribution < 1.29 is 9.53 Å². The summed E-state index contributed by atoms with van der Waals surface area (Å²) < 4.78 is 4.71. The Bertz CT molecular complexity index is 330. The van der Waals surface area contributed by atoms with E-state index in [0.717, 1.165) is 0 Å². The summed E-state index contributed by atoms with van der Waals surface area (Å²) in [6, 6.07) is 3.45. The molecular weight excluding hydrogens is 180 g/mol. The fraction of sp³-hybridized carbons (Fsp3) is 0.200. The first kappa shape index (κ1) is 10.2. The lowest BCUT2D eigenvalue weighted by atomic mass is 10.3. The largest absolute Gasteiger partial charge is 0.463 e. The molecule has 4 nitrogen and oxygen atoms in total. The van der Waals surface area contributed by atoms with Gasteiger partial charge in [-0.1, -0.05) is 0 Å². The van der Waals surface area contributed by atoms with E-state index >= 15 is 0 Å². The molecular formula is C10H12N2O2. The van der Waals surface area contributed by atoms with Crippen LogP contribution in [0, 0.1) is 0 Å². The van der Waals surface area contributed by atoms with Crippen molar-refractivity contribution in [3.05, 3.63) is 30.1 Å². The molecule has 4 heteroatoms. The molecule has 0 aliphatic rings. The Balaban J connectivity index is 2.60. The molecule has 1 aromatic rings. The summed E-state index contributed by atoms with van der Waals surface area (Å²) >= 11 is 0. The third-order valence-corrected chi connectivity index (χ3v) is 1.49. The number of carbonyl (C=O) groups is 1. The molecule has 0 atom stereocenters. The van der Waals surface area contributed by atoms with E-state index in [0.29, 0.717) is 18.0 Å². The number of esters is 1. The summed E-state index contributed by atoms with van der Waals surface area (Å²) in [6.45, 7) is 2.13. The van der Waals surface area contributed by atoms with Gasteiger partial charge in [0, 0.05) is 6.08 Å². The Hall–Kier alpha value is -1.84. The molecule has 0 bridgehead atoms. The van der Waals surface area contributed by atoms with Crippen molar-refractivity contribution in [2.45, 2.75) is 6.92 Å². The van der Waals surface area contributed by atoms with E-state index in [2.05, 4.69) is 4.98 Å². The molecule has 74 valence electrons. The Kier molecular flexibility index (Phi) is 3.67. The molecule has 0 aliphatic carbocycles. The van der Waals surface area contributed by atoms with Crippen LogP contribution in [0.25, 0.3) is 6.08 Å². The van der Waals surface area contributed by atoms with Gasteiger partial charge in [-0.25, -0.2) is 4.79 Å². The van der Waals surface area contributed by atoms with Crippen LogP contribution in [0.3, 0.4) is 0 Å². The van der Waals surface area contributed by atoms with Crippen molar-refractivity contribution >= 4 is 17.7 Å². The number of carbonyl (C=O) groups excluding carboxylic acids is 1. The van der Waals surface area contributed by atoms with Gasteiger partial charge in [0.15, 0.2) is 0 Å². The van der Waals surface area contributed by atoms with Crippen molar-refractivity contribution in [3.63, 3.8) is 0 Å². The number of hydrogen-bond donors (Lipinski definition) is 1. The zero-order valence-electron chi connectivity index (χ0n) is 7.93. The lowest BCUT2D eigenvalue weighted by Gasteiger charge is -1.95. The Morgan fingerprint density at radius 1 is 1.64 bits per heavy atom.